The number of piperidine rings is 1. The van der Waals surface area contributed by atoms with Crippen molar-refractivity contribution in [2.45, 2.75) is 51.6 Å². The molecule has 1 rings (SSSR count). The molecule has 0 bridgehead atoms. The van der Waals surface area contributed by atoms with Crippen LogP contribution in [-0.2, 0) is 4.79 Å². The van der Waals surface area contributed by atoms with E-state index in [1.165, 1.54) is 0 Å². The highest BCUT2D eigenvalue weighted by molar-refractivity contribution is 7.80. The number of carbonyl (C=O) groups is 1. The molecule has 2 atom stereocenters. The van der Waals surface area contributed by atoms with Crippen molar-refractivity contribution in [1.82, 2.24) is 10.2 Å². The molecule has 98 valence electrons. The van der Waals surface area contributed by atoms with Crippen LogP contribution in [0.15, 0.2) is 0 Å². The van der Waals surface area contributed by atoms with Gasteiger partial charge in [0.25, 0.3) is 0 Å². The zero-order valence-corrected chi connectivity index (χ0v) is 11.6. The summed E-state index contributed by atoms with van der Waals surface area (Å²) < 4.78 is 0. The van der Waals surface area contributed by atoms with E-state index in [4.69, 9.17) is 18.0 Å². The van der Waals surface area contributed by atoms with Gasteiger partial charge in [-0.25, -0.2) is 0 Å². The van der Waals surface area contributed by atoms with Crippen molar-refractivity contribution < 1.29 is 4.79 Å². The Hall–Kier alpha value is -0.680. The molecule has 1 amide bonds. The average Bonchev–Trinajstić information content (AvgIpc) is 2.29. The van der Waals surface area contributed by atoms with Crippen LogP contribution in [0.4, 0.5) is 0 Å². The molecule has 0 aromatic rings. The maximum atomic E-state index is 11.8. The van der Waals surface area contributed by atoms with E-state index in [2.05, 4.69) is 17.1 Å². The quantitative estimate of drug-likeness (QED) is 0.723. The van der Waals surface area contributed by atoms with Crippen molar-refractivity contribution >= 4 is 23.1 Å². The van der Waals surface area contributed by atoms with E-state index in [1.54, 1.807) is 0 Å². The number of nitrogens with zero attached hydrogens (tertiary/aromatic N) is 1. The predicted molar refractivity (Wildman–Crippen MR) is 73.9 cm³/mol. The van der Waals surface area contributed by atoms with Gasteiger partial charge in [0.05, 0.1) is 17.6 Å². The minimum atomic E-state index is 0.0718. The number of hydrogen-bond acceptors (Lipinski definition) is 3. The Balaban J connectivity index is 2.47. The molecule has 17 heavy (non-hydrogen) atoms. The summed E-state index contributed by atoms with van der Waals surface area (Å²) in [5.74, 6) is 0.0718. The first-order valence-corrected chi connectivity index (χ1v) is 6.78. The van der Waals surface area contributed by atoms with Gasteiger partial charge in [-0.05, 0) is 32.7 Å². The SMILES string of the molecule is CCC(C)NC(=O)CN1CCCCC1C(N)=S. The number of nitrogens with one attached hydrogen (secondary N) is 1. The van der Waals surface area contributed by atoms with Crippen molar-refractivity contribution in [2.75, 3.05) is 13.1 Å². The lowest BCUT2D eigenvalue weighted by molar-refractivity contribution is -0.123. The lowest BCUT2D eigenvalue weighted by atomic mass is 10.0. The normalized spacial score (nSPS) is 23.1. The number of likely N-dealkylation sites (tertiary alicyclic amines) is 1. The molecule has 1 saturated heterocycles. The van der Waals surface area contributed by atoms with Crippen LogP contribution in [0.2, 0.25) is 0 Å². The minimum Gasteiger partial charge on any atom is -0.392 e. The maximum absolute atomic E-state index is 11.8. The minimum absolute atomic E-state index is 0.0718. The molecule has 1 aliphatic heterocycles. The molecule has 1 aliphatic rings. The molecule has 0 radical (unpaired) electrons. The Morgan fingerprint density at radius 2 is 2.29 bits per heavy atom. The molecule has 5 heteroatoms. The smallest absolute Gasteiger partial charge is 0.234 e. The van der Waals surface area contributed by atoms with E-state index in [9.17, 15) is 4.79 Å². The molecule has 4 nitrogen and oxygen atoms in total. The van der Waals surface area contributed by atoms with Crippen molar-refractivity contribution in [2.24, 2.45) is 5.73 Å². The average molecular weight is 257 g/mol. The van der Waals surface area contributed by atoms with Gasteiger partial charge < -0.3 is 11.1 Å². The molecule has 2 unspecified atom stereocenters. The largest absolute Gasteiger partial charge is 0.392 e. The summed E-state index contributed by atoms with van der Waals surface area (Å²) in [6, 6.07) is 0.331. The number of amides is 1. The Kier molecular flexibility index (Phi) is 5.85. The molecule has 0 saturated carbocycles. The van der Waals surface area contributed by atoms with Crippen LogP contribution < -0.4 is 11.1 Å². The summed E-state index contributed by atoms with van der Waals surface area (Å²) in [6.07, 6.45) is 4.19. The summed E-state index contributed by atoms with van der Waals surface area (Å²) in [5, 5.41) is 2.97. The van der Waals surface area contributed by atoms with Crippen LogP contribution in [0.3, 0.4) is 0 Å². The van der Waals surface area contributed by atoms with Gasteiger partial charge in [-0.1, -0.05) is 25.6 Å². The van der Waals surface area contributed by atoms with Crippen molar-refractivity contribution in [3.8, 4) is 0 Å². The highest BCUT2D eigenvalue weighted by atomic mass is 32.1. The van der Waals surface area contributed by atoms with E-state index in [-0.39, 0.29) is 18.0 Å². The van der Waals surface area contributed by atoms with Gasteiger partial charge in [-0.2, -0.15) is 0 Å². The van der Waals surface area contributed by atoms with Crippen LogP contribution in [-0.4, -0.2) is 41.0 Å². The van der Waals surface area contributed by atoms with Crippen LogP contribution in [0.5, 0.6) is 0 Å². The Morgan fingerprint density at radius 1 is 1.59 bits per heavy atom. The van der Waals surface area contributed by atoms with Crippen LogP contribution >= 0.6 is 12.2 Å². The first-order chi connectivity index (χ1) is 8.04. The van der Waals surface area contributed by atoms with Crippen LogP contribution in [0.25, 0.3) is 0 Å². The molecule has 1 fully saturated rings. The van der Waals surface area contributed by atoms with Crippen molar-refractivity contribution in [3.05, 3.63) is 0 Å². The Morgan fingerprint density at radius 3 is 2.88 bits per heavy atom. The maximum Gasteiger partial charge on any atom is 0.234 e. The molecule has 0 spiro atoms. The standard InChI is InChI=1S/C12H23N3OS/c1-3-9(2)14-11(16)8-15-7-5-4-6-10(15)12(13)17/h9-10H,3-8H2,1-2H3,(H2,13,17)(H,14,16). The summed E-state index contributed by atoms with van der Waals surface area (Å²) >= 11 is 5.06. The summed E-state index contributed by atoms with van der Waals surface area (Å²) in [7, 11) is 0. The third-order valence-corrected chi connectivity index (χ3v) is 3.58. The molecular formula is C12H23N3OS. The molecule has 0 aromatic heterocycles. The first-order valence-electron chi connectivity index (χ1n) is 6.37. The van der Waals surface area contributed by atoms with Gasteiger partial charge in [0, 0.05) is 6.04 Å². The highest BCUT2D eigenvalue weighted by Gasteiger charge is 2.26. The van der Waals surface area contributed by atoms with Gasteiger partial charge in [-0.15, -0.1) is 0 Å². The zero-order valence-electron chi connectivity index (χ0n) is 10.7. The molecule has 1 heterocycles. The lowest BCUT2D eigenvalue weighted by Crippen LogP contribution is -2.51. The third-order valence-electron chi connectivity index (χ3n) is 3.31. The van der Waals surface area contributed by atoms with Gasteiger partial charge >= 0.3 is 0 Å². The predicted octanol–water partition coefficient (Wildman–Crippen LogP) is 1.04. The topological polar surface area (TPSA) is 58.4 Å². The van der Waals surface area contributed by atoms with E-state index >= 15 is 0 Å². The van der Waals surface area contributed by atoms with E-state index in [1.807, 2.05) is 6.92 Å². The van der Waals surface area contributed by atoms with Gasteiger partial charge in [0.15, 0.2) is 0 Å². The summed E-state index contributed by atoms with van der Waals surface area (Å²) in [4.78, 5) is 14.4. The molecule has 0 aromatic carbocycles. The second-order valence-electron chi connectivity index (χ2n) is 4.76. The number of rotatable bonds is 5. The molecular weight excluding hydrogens is 234 g/mol. The fourth-order valence-corrected chi connectivity index (χ4v) is 2.38. The number of carbonyl (C=O) groups excluding carboxylic acids is 1. The van der Waals surface area contributed by atoms with Crippen LogP contribution in [0, 0.1) is 0 Å². The van der Waals surface area contributed by atoms with E-state index in [0.717, 1.165) is 32.2 Å². The highest BCUT2D eigenvalue weighted by Crippen LogP contribution is 2.16. The fourth-order valence-electron chi connectivity index (χ4n) is 2.11. The van der Waals surface area contributed by atoms with E-state index < -0.39 is 0 Å². The molecule has 3 N–H and O–H groups in total. The first kappa shape index (κ1) is 14.4. The van der Waals surface area contributed by atoms with Gasteiger partial charge in [-0.3, -0.25) is 9.69 Å². The summed E-state index contributed by atoms with van der Waals surface area (Å²) in [6.45, 7) is 5.39. The number of thiocarbonyl (C=S) groups is 1. The summed E-state index contributed by atoms with van der Waals surface area (Å²) in [5.41, 5.74) is 5.72. The monoisotopic (exact) mass is 257 g/mol. The second kappa shape index (κ2) is 6.91. The fraction of sp³-hybridized carbons (Fsp3) is 0.833. The van der Waals surface area contributed by atoms with E-state index in [0.29, 0.717) is 11.5 Å². The Labute approximate surface area is 109 Å². The number of nitrogens with two attached hydrogens (primary N) is 1. The second-order valence-corrected chi connectivity index (χ2v) is 5.23. The zero-order chi connectivity index (χ0) is 12.8. The Bertz CT molecular complexity index is 283. The van der Waals surface area contributed by atoms with Crippen molar-refractivity contribution in [1.29, 1.82) is 0 Å². The van der Waals surface area contributed by atoms with Crippen LogP contribution in [0.1, 0.15) is 39.5 Å². The lowest BCUT2D eigenvalue weighted by Gasteiger charge is -2.34. The van der Waals surface area contributed by atoms with Crippen molar-refractivity contribution in [3.63, 3.8) is 0 Å². The van der Waals surface area contributed by atoms with Gasteiger partial charge in [0.2, 0.25) is 5.91 Å². The molecule has 0 aliphatic carbocycles. The van der Waals surface area contributed by atoms with Gasteiger partial charge in [0.1, 0.15) is 0 Å². The third kappa shape index (κ3) is 4.60. The number of hydrogen-bond donors (Lipinski definition) is 2.